The molecule has 13 heavy (non-hydrogen) atoms. The maximum atomic E-state index is 8.92. The van der Waals surface area contributed by atoms with E-state index in [0.717, 1.165) is 17.8 Å². The van der Waals surface area contributed by atoms with Crippen molar-refractivity contribution >= 4 is 11.8 Å². The van der Waals surface area contributed by atoms with Crippen molar-refractivity contribution in [3.63, 3.8) is 0 Å². The Morgan fingerprint density at radius 2 is 2.23 bits per heavy atom. The van der Waals surface area contributed by atoms with Gasteiger partial charge in [0.15, 0.2) is 0 Å². The van der Waals surface area contributed by atoms with Crippen LogP contribution in [0.2, 0.25) is 0 Å². The molecule has 2 aliphatic rings. The first-order valence-corrected chi connectivity index (χ1v) is 6.57. The third kappa shape index (κ3) is 2.21. The Kier molecular flexibility index (Phi) is 3.20. The van der Waals surface area contributed by atoms with E-state index < -0.39 is 0 Å². The molecule has 4 atom stereocenters. The maximum absolute atomic E-state index is 8.92. The van der Waals surface area contributed by atoms with E-state index in [1.807, 2.05) is 11.8 Å². The van der Waals surface area contributed by atoms with Crippen molar-refractivity contribution < 1.29 is 5.11 Å². The first kappa shape index (κ1) is 9.85. The molecule has 76 valence electrons. The Morgan fingerprint density at radius 1 is 1.38 bits per heavy atom. The fourth-order valence-electron chi connectivity index (χ4n) is 2.92. The molecule has 2 aliphatic carbocycles. The molecule has 0 aromatic carbocycles. The van der Waals surface area contributed by atoms with E-state index in [-0.39, 0.29) is 0 Å². The van der Waals surface area contributed by atoms with Gasteiger partial charge in [0.1, 0.15) is 0 Å². The highest BCUT2D eigenvalue weighted by Crippen LogP contribution is 2.49. The fourth-order valence-corrected chi connectivity index (χ4v) is 4.01. The van der Waals surface area contributed by atoms with Crippen LogP contribution >= 0.6 is 11.8 Å². The zero-order chi connectivity index (χ0) is 9.26. The summed E-state index contributed by atoms with van der Waals surface area (Å²) in [5.74, 6) is 4.39. The molecular weight excluding hydrogens is 180 g/mol. The summed E-state index contributed by atoms with van der Waals surface area (Å²) in [6, 6.07) is 0. The lowest BCUT2D eigenvalue weighted by Gasteiger charge is -2.22. The second-order valence-electron chi connectivity index (χ2n) is 4.76. The van der Waals surface area contributed by atoms with E-state index in [4.69, 9.17) is 5.11 Å². The quantitative estimate of drug-likeness (QED) is 0.752. The minimum Gasteiger partial charge on any atom is -0.395 e. The molecule has 4 unspecified atom stereocenters. The first-order valence-electron chi connectivity index (χ1n) is 5.52. The minimum atomic E-state index is 0.339. The van der Waals surface area contributed by atoms with Gasteiger partial charge in [0.25, 0.3) is 0 Å². The molecule has 0 amide bonds. The molecule has 0 saturated heterocycles. The Labute approximate surface area is 85.3 Å². The van der Waals surface area contributed by atoms with Crippen LogP contribution in [0.4, 0.5) is 0 Å². The number of thioether (sulfide) groups is 1. The van der Waals surface area contributed by atoms with Crippen molar-refractivity contribution in [2.45, 2.75) is 37.9 Å². The normalized spacial score (nSPS) is 39.7. The van der Waals surface area contributed by atoms with Gasteiger partial charge in [0.05, 0.1) is 6.61 Å². The first-order chi connectivity index (χ1) is 6.29. The number of fused-ring (bicyclic) bond motifs is 2. The van der Waals surface area contributed by atoms with Crippen LogP contribution in [0, 0.1) is 17.8 Å². The SMILES string of the molecule is CC(CO)SCC1CC2CCC1C2. The summed E-state index contributed by atoms with van der Waals surface area (Å²) in [6.45, 7) is 2.46. The topological polar surface area (TPSA) is 20.2 Å². The van der Waals surface area contributed by atoms with Gasteiger partial charge in [-0.25, -0.2) is 0 Å². The lowest BCUT2D eigenvalue weighted by Crippen LogP contribution is -2.15. The second kappa shape index (κ2) is 4.22. The van der Waals surface area contributed by atoms with Gasteiger partial charge in [-0.15, -0.1) is 0 Å². The maximum Gasteiger partial charge on any atom is 0.0547 e. The van der Waals surface area contributed by atoms with Crippen molar-refractivity contribution in [2.24, 2.45) is 17.8 Å². The van der Waals surface area contributed by atoms with Crippen LogP contribution < -0.4 is 0 Å². The van der Waals surface area contributed by atoms with Crippen LogP contribution in [0.1, 0.15) is 32.6 Å². The van der Waals surface area contributed by atoms with Gasteiger partial charge >= 0.3 is 0 Å². The highest BCUT2D eigenvalue weighted by atomic mass is 32.2. The molecule has 0 aromatic rings. The molecule has 0 radical (unpaired) electrons. The summed E-state index contributed by atoms with van der Waals surface area (Å²) in [5.41, 5.74) is 0. The molecule has 2 fully saturated rings. The molecule has 2 rings (SSSR count). The molecule has 2 heteroatoms. The third-order valence-corrected chi connectivity index (χ3v) is 5.08. The van der Waals surface area contributed by atoms with Crippen LogP contribution in [0.25, 0.3) is 0 Å². The zero-order valence-corrected chi connectivity index (χ0v) is 9.22. The average molecular weight is 200 g/mol. The molecule has 1 nitrogen and oxygen atoms in total. The molecule has 2 bridgehead atoms. The average Bonchev–Trinajstić information content (AvgIpc) is 2.74. The summed E-state index contributed by atoms with van der Waals surface area (Å²) < 4.78 is 0. The van der Waals surface area contributed by atoms with Gasteiger partial charge in [-0.3, -0.25) is 0 Å². The highest BCUT2D eigenvalue weighted by molar-refractivity contribution is 7.99. The Bertz CT molecular complexity index is 171. The van der Waals surface area contributed by atoms with Crippen molar-refractivity contribution in [3.8, 4) is 0 Å². The van der Waals surface area contributed by atoms with E-state index in [0.29, 0.717) is 11.9 Å². The molecular formula is C11H20OS. The molecule has 0 aromatic heterocycles. The van der Waals surface area contributed by atoms with Crippen LogP contribution in [-0.2, 0) is 0 Å². The number of aliphatic hydroxyl groups is 1. The van der Waals surface area contributed by atoms with E-state index in [1.54, 1.807) is 0 Å². The zero-order valence-electron chi connectivity index (χ0n) is 8.41. The van der Waals surface area contributed by atoms with Crippen molar-refractivity contribution in [1.82, 2.24) is 0 Å². The van der Waals surface area contributed by atoms with E-state index in [9.17, 15) is 0 Å². The Balaban J connectivity index is 1.71. The lowest BCUT2D eigenvalue weighted by molar-refractivity contribution is 0.299. The van der Waals surface area contributed by atoms with Gasteiger partial charge in [-0.2, -0.15) is 11.8 Å². The monoisotopic (exact) mass is 200 g/mol. The molecule has 0 aliphatic heterocycles. The summed E-state index contributed by atoms with van der Waals surface area (Å²) in [4.78, 5) is 0. The van der Waals surface area contributed by atoms with E-state index in [1.165, 1.54) is 31.4 Å². The van der Waals surface area contributed by atoms with Gasteiger partial charge < -0.3 is 5.11 Å². The van der Waals surface area contributed by atoms with Crippen LogP contribution in [0.15, 0.2) is 0 Å². The largest absolute Gasteiger partial charge is 0.395 e. The van der Waals surface area contributed by atoms with Crippen LogP contribution in [0.3, 0.4) is 0 Å². The highest BCUT2D eigenvalue weighted by Gasteiger charge is 2.39. The standard InChI is InChI=1S/C11H20OS/c1-8(6-12)13-7-11-5-9-2-3-10(11)4-9/h8-12H,2-7H2,1H3. The molecule has 0 spiro atoms. The van der Waals surface area contributed by atoms with E-state index >= 15 is 0 Å². The summed E-state index contributed by atoms with van der Waals surface area (Å²) in [7, 11) is 0. The van der Waals surface area contributed by atoms with Crippen molar-refractivity contribution in [3.05, 3.63) is 0 Å². The smallest absolute Gasteiger partial charge is 0.0547 e. The fraction of sp³-hybridized carbons (Fsp3) is 1.00. The Morgan fingerprint density at radius 3 is 2.77 bits per heavy atom. The Hall–Kier alpha value is 0.310. The number of hydrogen-bond donors (Lipinski definition) is 1. The summed E-state index contributed by atoms with van der Waals surface area (Å²) in [5, 5.41) is 9.36. The summed E-state index contributed by atoms with van der Waals surface area (Å²) in [6.07, 6.45) is 5.99. The molecule has 1 N–H and O–H groups in total. The predicted octanol–water partition coefficient (Wildman–Crippen LogP) is 2.54. The molecule has 2 saturated carbocycles. The molecule has 0 heterocycles. The lowest BCUT2D eigenvalue weighted by atomic mass is 9.90. The number of aliphatic hydroxyl groups excluding tert-OH is 1. The minimum absolute atomic E-state index is 0.339. The van der Waals surface area contributed by atoms with Gasteiger partial charge in [-0.1, -0.05) is 13.3 Å². The van der Waals surface area contributed by atoms with E-state index in [2.05, 4.69) is 6.92 Å². The van der Waals surface area contributed by atoms with Crippen molar-refractivity contribution in [2.75, 3.05) is 12.4 Å². The predicted molar refractivity (Wildman–Crippen MR) is 57.9 cm³/mol. The van der Waals surface area contributed by atoms with Crippen LogP contribution in [0.5, 0.6) is 0 Å². The van der Waals surface area contributed by atoms with Gasteiger partial charge in [0.2, 0.25) is 0 Å². The number of rotatable bonds is 4. The summed E-state index contributed by atoms with van der Waals surface area (Å²) >= 11 is 1.96. The van der Waals surface area contributed by atoms with Crippen molar-refractivity contribution in [1.29, 1.82) is 0 Å². The van der Waals surface area contributed by atoms with Gasteiger partial charge in [0, 0.05) is 5.25 Å². The number of hydrogen-bond acceptors (Lipinski definition) is 2. The van der Waals surface area contributed by atoms with Gasteiger partial charge in [-0.05, 0) is 42.8 Å². The third-order valence-electron chi connectivity index (χ3n) is 3.74. The van der Waals surface area contributed by atoms with Crippen LogP contribution in [-0.4, -0.2) is 22.7 Å². The second-order valence-corrected chi connectivity index (χ2v) is 6.23.